The van der Waals surface area contributed by atoms with Crippen molar-refractivity contribution in [2.24, 2.45) is 0 Å². The quantitative estimate of drug-likeness (QED) is 0.585. The average Bonchev–Trinajstić information content (AvgIpc) is 1.69. The van der Waals surface area contributed by atoms with E-state index in [2.05, 4.69) is 21.2 Å². The number of halogens is 2. The molecule has 1 aliphatic rings. The van der Waals surface area contributed by atoms with Crippen molar-refractivity contribution in [1.82, 2.24) is 5.32 Å². The van der Waals surface area contributed by atoms with E-state index in [1.165, 1.54) is 25.9 Å². The van der Waals surface area contributed by atoms with Crippen molar-refractivity contribution in [3.05, 3.63) is 0 Å². The maximum atomic E-state index is 3.55. The number of alkyl halides is 1. The van der Waals surface area contributed by atoms with Gasteiger partial charge in [0.1, 0.15) is 0 Å². The van der Waals surface area contributed by atoms with Gasteiger partial charge in [0.05, 0.1) is 0 Å². The van der Waals surface area contributed by atoms with Gasteiger partial charge < -0.3 is 5.32 Å². The van der Waals surface area contributed by atoms with Crippen molar-refractivity contribution < 1.29 is 0 Å². The normalized spacial score (nSPS) is 22.1. The number of piperidine rings is 1. The van der Waals surface area contributed by atoms with Gasteiger partial charge in [-0.2, -0.15) is 0 Å². The van der Waals surface area contributed by atoms with Crippen LogP contribution in [-0.4, -0.2) is 17.9 Å². The summed E-state index contributed by atoms with van der Waals surface area (Å²) in [5, 5.41) is 3.29. The molecule has 1 saturated heterocycles. The molecule has 0 aromatic rings. The first kappa shape index (κ1) is 8.73. The molecule has 0 spiro atoms. The highest BCUT2D eigenvalue weighted by molar-refractivity contribution is 9.09. The number of hydrogen-bond donors (Lipinski definition) is 1. The zero-order chi connectivity index (χ0) is 5.11. The lowest BCUT2D eigenvalue weighted by Crippen LogP contribution is -2.27. The second-order valence-corrected chi connectivity index (χ2v) is 3.22. The molecule has 0 atom stereocenters. The standard InChI is InChI=1S/C5H10BrN.ClH/c6-5-1-3-7-4-2-5;/h5,7H,1-4H2;1H. The molecule has 0 aromatic heterocycles. The molecule has 1 rings (SSSR count). The van der Waals surface area contributed by atoms with E-state index in [4.69, 9.17) is 0 Å². The summed E-state index contributed by atoms with van der Waals surface area (Å²) < 4.78 is 0. The van der Waals surface area contributed by atoms with Crippen molar-refractivity contribution in [3.8, 4) is 0 Å². The van der Waals surface area contributed by atoms with Gasteiger partial charge in [-0.25, -0.2) is 0 Å². The molecule has 3 heteroatoms. The molecular weight excluding hydrogens is 189 g/mol. The van der Waals surface area contributed by atoms with Crippen LogP contribution in [0.3, 0.4) is 0 Å². The fourth-order valence-electron chi connectivity index (χ4n) is 0.787. The molecule has 50 valence electrons. The van der Waals surface area contributed by atoms with Gasteiger partial charge in [-0.1, -0.05) is 15.9 Å². The summed E-state index contributed by atoms with van der Waals surface area (Å²) in [4.78, 5) is 0.786. The largest absolute Gasteiger partial charge is 0.317 e. The molecule has 0 amide bonds. The highest BCUT2D eigenvalue weighted by atomic mass is 79.9. The number of nitrogens with one attached hydrogen (secondary N) is 1. The van der Waals surface area contributed by atoms with Crippen molar-refractivity contribution in [1.29, 1.82) is 0 Å². The minimum absolute atomic E-state index is 0. The van der Waals surface area contributed by atoms with Crippen LogP contribution in [0.4, 0.5) is 0 Å². The van der Waals surface area contributed by atoms with Crippen molar-refractivity contribution >= 4 is 28.3 Å². The highest BCUT2D eigenvalue weighted by Crippen LogP contribution is 2.10. The molecule has 1 fully saturated rings. The van der Waals surface area contributed by atoms with Crippen LogP contribution >= 0.6 is 28.3 Å². The Hall–Kier alpha value is 0.730. The van der Waals surface area contributed by atoms with E-state index in [1.54, 1.807) is 0 Å². The lowest BCUT2D eigenvalue weighted by molar-refractivity contribution is 0.537. The Balaban J connectivity index is 0.000000490. The summed E-state index contributed by atoms with van der Waals surface area (Å²) in [5.74, 6) is 0. The second-order valence-electron chi connectivity index (χ2n) is 1.92. The van der Waals surface area contributed by atoms with Crippen LogP contribution in [0.25, 0.3) is 0 Å². The van der Waals surface area contributed by atoms with Crippen molar-refractivity contribution in [2.75, 3.05) is 13.1 Å². The lowest BCUT2D eigenvalue weighted by atomic mass is 10.2. The third-order valence-corrected chi connectivity index (χ3v) is 2.18. The third-order valence-electron chi connectivity index (χ3n) is 1.27. The molecular formula is C5H11BrClN. The first-order valence-electron chi connectivity index (χ1n) is 2.74. The van der Waals surface area contributed by atoms with E-state index in [9.17, 15) is 0 Å². The first-order chi connectivity index (χ1) is 3.39. The van der Waals surface area contributed by atoms with Gasteiger partial charge in [-0.05, 0) is 25.9 Å². The van der Waals surface area contributed by atoms with Gasteiger partial charge in [0.15, 0.2) is 0 Å². The molecule has 0 radical (unpaired) electrons. The lowest BCUT2D eigenvalue weighted by Gasteiger charge is -2.15. The fourth-order valence-corrected chi connectivity index (χ4v) is 1.24. The smallest absolute Gasteiger partial charge is 0.0169 e. The van der Waals surface area contributed by atoms with Gasteiger partial charge in [0, 0.05) is 4.83 Å². The van der Waals surface area contributed by atoms with Crippen molar-refractivity contribution in [3.63, 3.8) is 0 Å². The summed E-state index contributed by atoms with van der Waals surface area (Å²) in [6, 6.07) is 0. The SMILES string of the molecule is BrC1CCNCC1.Cl. The third kappa shape index (κ3) is 2.90. The average molecular weight is 201 g/mol. The molecule has 1 N–H and O–H groups in total. The van der Waals surface area contributed by atoms with Crippen LogP contribution < -0.4 is 5.32 Å². The Kier molecular flexibility index (Phi) is 5.01. The molecule has 0 aromatic carbocycles. The molecule has 0 bridgehead atoms. The molecule has 0 saturated carbocycles. The van der Waals surface area contributed by atoms with Gasteiger partial charge >= 0.3 is 0 Å². The predicted molar refractivity (Wildman–Crippen MR) is 42.1 cm³/mol. The van der Waals surface area contributed by atoms with Crippen LogP contribution in [0, 0.1) is 0 Å². The minimum atomic E-state index is 0. The monoisotopic (exact) mass is 199 g/mol. The Labute approximate surface area is 64.8 Å². The van der Waals surface area contributed by atoms with E-state index in [1.807, 2.05) is 0 Å². The van der Waals surface area contributed by atoms with Crippen LogP contribution in [0.5, 0.6) is 0 Å². The molecule has 0 aliphatic carbocycles. The summed E-state index contributed by atoms with van der Waals surface area (Å²) in [5.41, 5.74) is 0. The predicted octanol–water partition coefficient (Wildman–Crippen LogP) is 1.56. The topological polar surface area (TPSA) is 12.0 Å². The zero-order valence-electron chi connectivity index (χ0n) is 4.69. The zero-order valence-corrected chi connectivity index (χ0v) is 7.09. The summed E-state index contributed by atoms with van der Waals surface area (Å²) in [6.07, 6.45) is 2.58. The molecule has 0 unspecified atom stereocenters. The van der Waals surface area contributed by atoms with E-state index in [0.717, 1.165) is 4.83 Å². The highest BCUT2D eigenvalue weighted by Gasteiger charge is 2.06. The van der Waals surface area contributed by atoms with Crippen LogP contribution in [0.15, 0.2) is 0 Å². The van der Waals surface area contributed by atoms with Crippen LogP contribution in [-0.2, 0) is 0 Å². The van der Waals surface area contributed by atoms with E-state index in [-0.39, 0.29) is 12.4 Å². The first-order valence-corrected chi connectivity index (χ1v) is 3.66. The van der Waals surface area contributed by atoms with Crippen LogP contribution in [0.1, 0.15) is 12.8 Å². The molecule has 1 nitrogen and oxygen atoms in total. The fraction of sp³-hybridized carbons (Fsp3) is 1.00. The van der Waals surface area contributed by atoms with E-state index < -0.39 is 0 Å². The summed E-state index contributed by atoms with van der Waals surface area (Å²) in [7, 11) is 0. The maximum absolute atomic E-state index is 3.55. The Bertz CT molecular complexity index is 54.4. The van der Waals surface area contributed by atoms with Gasteiger partial charge in [-0.15, -0.1) is 12.4 Å². The number of rotatable bonds is 0. The van der Waals surface area contributed by atoms with Gasteiger partial charge in [0.2, 0.25) is 0 Å². The molecule has 1 aliphatic heterocycles. The Morgan fingerprint density at radius 2 is 1.75 bits per heavy atom. The van der Waals surface area contributed by atoms with E-state index in [0.29, 0.717) is 0 Å². The van der Waals surface area contributed by atoms with Gasteiger partial charge in [0.25, 0.3) is 0 Å². The summed E-state index contributed by atoms with van der Waals surface area (Å²) in [6.45, 7) is 2.38. The van der Waals surface area contributed by atoms with Crippen molar-refractivity contribution in [2.45, 2.75) is 17.7 Å². The maximum Gasteiger partial charge on any atom is 0.0169 e. The second kappa shape index (κ2) is 4.59. The minimum Gasteiger partial charge on any atom is -0.317 e. The molecule has 8 heavy (non-hydrogen) atoms. The summed E-state index contributed by atoms with van der Waals surface area (Å²) >= 11 is 3.55. The Morgan fingerprint density at radius 3 is 2.00 bits per heavy atom. The van der Waals surface area contributed by atoms with E-state index >= 15 is 0 Å². The number of hydrogen-bond acceptors (Lipinski definition) is 1. The Morgan fingerprint density at radius 1 is 1.25 bits per heavy atom. The molecule has 1 heterocycles. The van der Waals surface area contributed by atoms with Gasteiger partial charge in [-0.3, -0.25) is 0 Å². The van der Waals surface area contributed by atoms with Crippen LogP contribution in [0.2, 0.25) is 0 Å².